The summed E-state index contributed by atoms with van der Waals surface area (Å²) >= 11 is -1.26. The van der Waals surface area contributed by atoms with E-state index < -0.39 is 33.9 Å². The first kappa shape index (κ1) is 28.9. The molecule has 3 aromatic rings. The van der Waals surface area contributed by atoms with E-state index in [-0.39, 0.29) is 40.7 Å². The van der Waals surface area contributed by atoms with E-state index >= 15 is 0 Å². The van der Waals surface area contributed by atoms with Crippen molar-refractivity contribution in [1.29, 1.82) is 0 Å². The van der Waals surface area contributed by atoms with Crippen LogP contribution >= 0.6 is 0 Å². The monoisotopic (exact) mass is 599 g/mol. The summed E-state index contributed by atoms with van der Waals surface area (Å²) in [5.74, 6) is -0.456. The van der Waals surface area contributed by atoms with Crippen LogP contribution in [0.2, 0.25) is 0 Å². The minimum absolute atomic E-state index is 0.0502. The van der Waals surface area contributed by atoms with Gasteiger partial charge in [-0.25, -0.2) is 14.8 Å². The topological polar surface area (TPSA) is 103 Å². The fourth-order valence-corrected chi connectivity index (χ4v) is 7.98. The van der Waals surface area contributed by atoms with Crippen LogP contribution in [-0.2, 0) is 33.4 Å². The van der Waals surface area contributed by atoms with Crippen molar-refractivity contribution >= 4 is 23.1 Å². The number of pyridine rings is 1. The number of nitrogens with zero attached hydrogens (tertiary/aromatic N) is 4. The van der Waals surface area contributed by atoms with E-state index in [4.69, 9.17) is 4.74 Å². The van der Waals surface area contributed by atoms with Gasteiger partial charge in [0, 0.05) is 47.2 Å². The zero-order valence-electron chi connectivity index (χ0n) is 23.8. The van der Waals surface area contributed by atoms with Crippen molar-refractivity contribution in [3.63, 3.8) is 0 Å². The number of carbonyl (C=O) groups excluding carboxylic acids is 1. The molecule has 8 nitrogen and oxygen atoms in total. The zero-order chi connectivity index (χ0) is 30.0. The number of ether oxygens (including phenoxy) is 1. The predicted molar refractivity (Wildman–Crippen MR) is 152 cm³/mol. The Balaban J connectivity index is 1.34. The van der Waals surface area contributed by atoms with E-state index in [9.17, 15) is 22.5 Å². The number of fused-ring (bicyclic) bond motifs is 1. The van der Waals surface area contributed by atoms with Gasteiger partial charge in [-0.15, -0.1) is 4.72 Å². The summed E-state index contributed by atoms with van der Waals surface area (Å²) in [6.07, 6.45) is -1.31. The van der Waals surface area contributed by atoms with Crippen LogP contribution in [0, 0.1) is 12.3 Å². The van der Waals surface area contributed by atoms with Crippen LogP contribution in [0.1, 0.15) is 78.2 Å². The van der Waals surface area contributed by atoms with Crippen molar-refractivity contribution in [2.24, 2.45) is 5.41 Å². The van der Waals surface area contributed by atoms with Crippen molar-refractivity contribution in [1.82, 2.24) is 19.7 Å². The van der Waals surface area contributed by atoms with Crippen LogP contribution in [0.25, 0.3) is 11.3 Å². The van der Waals surface area contributed by atoms with Gasteiger partial charge in [-0.05, 0) is 70.2 Å². The molecular formula is C30H32F3N5O3S. The van der Waals surface area contributed by atoms with Gasteiger partial charge in [-0.2, -0.15) is 13.2 Å². The van der Waals surface area contributed by atoms with E-state index in [1.165, 1.54) is 23.3 Å². The fourth-order valence-electron chi connectivity index (χ4n) is 6.73. The highest BCUT2D eigenvalue weighted by Crippen LogP contribution is 2.57. The van der Waals surface area contributed by atoms with Crippen LogP contribution in [0.15, 0.2) is 36.5 Å². The number of rotatable bonds is 4. The number of alkyl halides is 3. The zero-order valence-corrected chi connectivity index (χ0v) is 24.7. The fraction of sp³-hybridized carbons (Fsp3) is 0.467. The lowest BCUT2D eigenvalue weighted by Gasteiger charge is -2.46. The second-order valence-electron chi connectivity index (χ2n) is 11.7. The Hall–Kier alpha value is -3.22. The molecule has 2 atom stereocenters. The Kier molecular flexibility index (Phi) is 7.01. The molecule has 4 heterocycles. The molecule has 1 saturated heterocycles. The summed E-state index contributed by atoms with van der Waals surface area (Å²) in [6.45, 7) is 8.39. The first-order valence-corrected chi connectivity index (χ1v) is 15.2. The van der Waals surface area contributed by atoms with Crippen LogP contribution < -0.4 is 9.62 Å². The summed E-state index contributed by atoms with van der Waals surface area (Å²) in [4.78, 5) is 27.7. The molecule has 222 valence electrons. The highest BCUT2D eigenvalue weighted by Gasteiger charge is 2.56. The molecule has 1 aromatic carbocycles. The average molecular weight is 600 g/mol. The number of hydrogen-bond acceptors (Lipinski definition) is 8. The molecule has 1 aliphatic carbocycles. The molecule has 2 aromatic heterocycles. The van der Waals surface area contributed by atoms with Crippen LogP contribution in [0.3, 0.4) is 0 Å². The molecule has 0 saturated carbocycles. The smallest absolute Gasteiger partial charge is 0.434 e. The quantitative estimate of drug-likeness (QED) is 0.313. The van der Waals surface area contributed by atoms with E-state index in [2.05, 4.69) is 31.8 Å². The van der Waals surface area contributed by atoms with Crippen LogP contribution in [0.5, 0.6) is 0 Å². The number of anilines is 1. The maximum atomic E-state index is 13.8. The molecule has 6 rings (SSSR count). The Labute approximate surface area is 245 Å². The lowest BCUT2D eigenvalue weighted by atomic mass is 9.72. The van der Waals surface area contributed by atoms with Gasteiger partial charge >= 0.3 is 12.1 Å². The molecule has 12 heteroatoms. The molecule has 0 unspecified atom stereocenters. The van der Waals surface area contributed by atoms with E-state index in [0.29, 0.717) is 18.9 Å². The summed E-state index contributed by atoms with van der Waals surface area (Å²) in [7, 11) is 0. The first-order valence-electron chi connectivity index (χ1n) is 14.0. The van der Waals surface area contributed by atoms with Gasteiger partial charge in [0.1, 0.15) is 0 Å². The molecule has 0 bridgehead atoms. The van der Waals surface area contributed by atoms with Crippen molar-refractivity contribution in [3.8, 4) is 11.3 Å². The molecule has 3 aliphatic rings. The number of piperidine rings is 1. The van der Waals surface area contributed by atoms with E-state index in [1.54, 1.807) is 13.8 Å². The number of esters is 1. The Bertz CT molecular complexity index is 1560. The summed E-state index contributed by atoms with van der Waals surface area (Å²) in [6, 6.07) is 8.90. The molecule has 1 N–H and O–H groups in total. The largest absolute Gasteiger partial charge is 0.597 e. The number of carbonyl (C=O) groups is 1. The van der Waals surface area contributed by atoms with E-state index in [0.717, 1.165) is 31.0 Å². The van der Waals surface area contributed by atoms with Gasteiger partial charge in [-0.1, -0.05) is 18.2 Å². The van der Waals surface area contributed by atoms with Crippen LogP contribution in [-0.4, -0.2) is 45.2 Å². The predicted octanol–water partition coefficient (Wildman–Crippen LogP) is 5.43. The van der Waals surface area contributed by atoms with Crippen molar-refractivity contribution in [3.05, 3.63) is 70.3 Å². The van der Waals surface area contributed by atoms with E-state index in [1.807, 2.05) is 24.8 Å². The Morgan fingerprint density at radius 2 is 1.93 bits per heavy atom. The molecular weight excluding hydrogens is 567 g/mol. The number of aryl methyl sites for hydroxylation is 1. The van der Waals surface area contributed by atoms with Gasteiger partial charge in [-0.3, -0.25) is 4.98 Å². The minimum atomic E-state index is -4.71. The molecule has 2 aliphatic heterocycles. The number of aromatic nitrogens is 3. The third-order valence-electron chi connectivity index (χ3n) is 8.89. The Morgan fingerprint density at radius 3 is 2.62 bits per heavy atom. The van der Waals surface area contributed by atoms with Gasteiger partial charge in [0.05, 0.1) is 24.0 Å². The lowest BCUT2D eigenvalue weighted by Crippen LogP contribution is -2.53. The van der Waals surface area contributed by atoms with Crippen molar-refractivity contribution < 1.29 is 27.3 Å². The van der Waals surface area contributed by atoms with Gasteiger partial charge in [0.25, 0.3) is 0 Å². The average Bonchev–Trinajstić information content (AvgIpc) is 3.24. The first-order chi connectivity index (χ1) is 19.9. The van der Waals surface area contributed by atoms with Gasteiger partial charge < -0.3 is 14.2 Å². The molecule has 1 fully saturated rings. The third kappa shape index (κ3) is 4.55. The maximum Gasteiger partial charge on any atom is 0.434 e. The standard InChI is InChI=1S/C30H32F3N5O3S/c1-5-41-27(39)23-26(35-17(2)22(36-23)19-9-7-13-34-24(19)30(31,32)33)38-14-11-29(12-15-38)16-18-8-6-10-20-21(18)25(29)37-42(40)28(20,3)4/h6-10,13,25,37H,5,11-12,14-16H2,1-4H3/t25-,42-/m1/s1. The van der Waals surface area contributed by atoms with Crippen molar-refractivity contribution in [2.45, 2.75) is 63.9 Å². The number of nitrogens with one attached hydrogen (secondary N) is 1. The summed E-state index contributed by atoms with van der Waals surface area (Å²) in [5.41, 5.74) is 2.21. The molecule has 0 amide bonds. The second-order valence-corrected chi connectivity index (χ2v) is 13.5. The maximum absolute atomic E-state index is 13.8. The Morgan fingerprint density at radius 1 is 1.19 bits per heavy atom. The highest BCUT2D eigenvalue weighted by atomic mass is 32.2. The third-order valence-corrected chi connectivity index (χ3v) is 10.5. The number of halogens is 3. The summed E-state index contributed by atoms with van der Waals surface area (Å²) in [5, 5.41) is 0. The SMILES string of the molecule is CCOC(=O)c1nc(-c2cccnc2C(F)(F)F)c(C)nc1N1CCC2(CC1)Cc1cccc3c1[C@H]2N[S@+]([O-])C3(C)C. The number of benzene rings is 1. The normalized spacial score (nSPS) is 22.2. The van der Waals surface area contributed by atoms with Crippen LogP contribution in [0.4, 0.5) is 19.0 Å². The minimum Gasteiger partial charge on any atom is -0.597 e. The number of hydrogen-bond donors (Lipinski definition) is 1. The molecule has 1 spiro atoms. The van der Waals surface area contributed by atoms with Crippen molar-refractivity contribution in [2.75, 3.05) is 24.6 Å². The van der Waals surface area contributed by atoms with Gasteiger partial charge in [0.15, 0.2) is 22.0 Å². The van der Waals surface area contributed by atoms with Gasteiger partial charge in [0.2, 0.25) is 0 Å². The lowest BCUT2D eigenvalue weighted by molar-refractivity contribution is -0.140. The molecule has 42 heavy (non-hydrogen) atoms. The highest BCUT2D eigenvalue weighted by molar-refractivity contribution is 7.90. The summed E-state index contributed by atoms with van der Waals surface area (Å²) < 4.78 is 62.8. The molecule has 0 radical (unpaired) electrons. The second kappa shape index (κ2) is 10.2.